The third-order valence-corrected chi connectivity index (χ3v) is 3.41. The zero-order valence-electron chi connectivity index (χ0n) is 12.9. The van der Waals surface area contributed by atoms with Crippen LogP contribution in [0.2, 0.25) is 0 Å². The molecule has 0 aromatic carbocycles. The number of hydrogen-bond donors (Lipinski definition) is 2. The smallest absolute Gasteiger partial charge is 0.220 e. The number of amides is 1. The van der Waals surface area contributed by atoms with Gasteiger partial charge in [-0.2, -0.15) is 0 Å². The lowest BCUT2D eigenvalue weighted by Crippen LogP contribution is -2.32. The van der Waals surface area contributed by atoms with Crippen LogP contribution < -0.4 is 11.1 Å². The van der Waals surface area contributed by atoms with E-state index in [-0.39, 0.29) is 36.8 Å². The van der Waals surface area contributed by atoms with Gasteiger partial charge in [-0.1, -0.05) is 13.8 Å². The first kappa shape index (κ1) is 22.3. The normalized spacial score (nSPS) is 20.1. The summed E-state index contributed by atoms with van der Waals surface area (Å²) in [4.78, 5) is 14.1. The standard InChI is InChI=1S/C14H29N3O.2ClH/c1-11(2)9-17-7-6-13(10-17)8-16-14(18)5-4-12(3)15;;/h11-13H,4-10,15H2,1-3H3,(H,16,18);2*1H. The zero-order chi connectivity index (χ0) is 13.5. The molecule has 1 aliphatic rings. The summed E-state index contributed by atoms with van der Waals surface area (Å²) in [6, 6.07) is 0.115. The topological polar surface area (TPSA) is 58.4 Å². The number of nitrogens with two attached hydrogens (primary N) is 1. The third-order valence-electron chi connectivity index (χ3n) is 3.41. The maximum atomic E-state index is 11.6. The molecule has 1 heterocycles. The highest BCUT2D eigenvalue weighted by Gasteiger charge is 2.22. The molecule has 0 aromatic rings. The summed E-state index contributed by atoms with van der Waals surface area (Å²) in [5.41, 5.74) is 5.64. The summed E-state index contributed by atoms with van der Waals surface area (Å²) in [5.74, 6) is 1.50. The Labute approximate surface area is 136 Å². The highest BCUT2D eigenvalue weighted by Crippen LogP contribution is 2.16. The Kier molecular flexibility index (Phi) is 12.9. The van der Waals surface area contributed by atoms with E-state index < -0.39 is 0 Å². The predicted molar refractivity (Wildman–Crippen MR) is 89.8 cm³/mol. The van der Waals surface area contributed by atoms with Crippen molar-refractivity contribution >= 4 is 30.7 Å². The first-order valence-corrected chi connectivity index (χ1v) is 7.22. The summed E-state index contributed by atoms with van der Waals surface area (Å²) in [7, 11) is 0. The first-order chi connectivity index (χ1) is 8.47. The van der Waals surface area contributed by atoms with Gasteiger partial charge in [-0.05, 0) is 38.1 Å². The van der Waals surface area contributed by atoms with Crippen molar-refractivity contribution in [2.75, 3.05) is 26.2 Å². The fourth-order valence-corrected chi connectivity index (χ4v) is 2.47. The minimum absolute atomic E-state index is 0. The monoisotopic (exact) mass is 327 g/mol. The molecule has 1 fully saturated rings. The number of halogens is 2. The summed E-state index contributed by atoms with van der Waals surface area (Å²) in [5, 5.41) is 3.03. The lowest BCUT2D eigenvalue weighted by Gasteiger charge is -2.18. The molecule has 0 saturated carbocycles. The number of hydrogen-bond acceptors (Lipinski definition) is 3. The molecule has 2 atom stereocenters. The molecule has 1 amide bonds. The molecule has 1 rings (SSSR count). The van der Waals surface area contributed by atoms with Crippen LogP contribution in [-0.4, -0.2) is 43.0 Å². The first-order valence-electron chi connectivity index (χ1n) is 7.22. The number of rotatable bonds is 7. The van der Waals surface area contributed by atoms with Gasteiger partial charge in [0.15, 0.2) is 0 Å². The van der Waals surface area contributed by atoms with E-state index in [1.54, 1.807) is 0 Å². The van der Waals surface area contributed by atoms with Gasteiger partial charge in [0, 0.05) is 32.1 Å². The van der Waals surface area contributed by atoms with Crippen LogP contribution >= 0.6 is 24.8 Å². The Morgan fingerprint density at radius 1 is 1.35 bits per heavy atom. The zero-order valence-corrected chi connectivity index (χ0v) is 14.6. The van der Waals surface area contributed by atoms with Crippen LogP contribution in [0.15, 0.2) is 0 Å². The predicted octanol–water partition coefficient (Wildman–Crippen LogP) is 2.05. The van der Waals surface area contributed by atoms with E-state index in [0.717, 1.165) is 25.4 Å². The molecule has 6 heteroatoms. The Hall–Kier alpha value is -0.0300. The van der Waals surface area contributed by atoms with Crippen molar-refractivity contribution in [1.82, 2.24) is 10.2 Å². The molecular weight excluding hydrogens is 297 g/mol. The van der Waals surface area contributed by atoms with Crippen LogP contribution in [0.25, 0.3) is 0 Å². The minimum Gasteiger partial charge on any atom is -0.356 e. The summed E-state index contributed by atoms with van der Waals surface area (Å²) >= 11 is 0. The largest absolute Gasteiger partial charge is 0.356 e. The molecule has 2 unspecified atom stereocenters. The van der Waals surface area contributed by atoms with E-state index in [2.05, 4.69) is 24.1 Å². The van der Waals surface area contributed by atoms with Gasteiger partial charge >= 0.3 is 0 Å². The van der Waals surface area contributed by atoms with Crippen LogP contribution in [0.4, 0.5) is 0 Å². The van der Waals surface area contributed by atoms with Crippen LogP contribution in [0, 0.1) is 11.8 Å². The summed E-state index contributed by atoms with van der Waals surface area (Å²) < 4.78 is 0. The Bertz CT molecular complexity index is 263. The SMILES string of the molecule is CC(C)CN1CCC(CNC(=O)CCC(C)N)C1.Cl.Cl. The molecule has 3 N–H and O–H groups in total. The average molecular weight is 328 g/mol. The van der Waals surface area contributed by atoms with Crippen molar-refractivity contribution in [2.24, 2.45) is 17.6 Å². The van der Waals surface area contributed by atoms with Gasteiger partial charge in [0.25, 0.3) is 0 Å². The second-order valence-electron chi connectivity index (χ2n) is 6.13. The molecule has 0 aromatic heterocycles. The van der Waals surface area contributed by atoms with Crippen molar-refractivity contribution in [2.45, 2.75) is 46.1 Å². The summed E-state index contributed by atoms with van der Waals surface area (Å²) in [6.45, 7) is 10.8. The fraction of sp³-hybridized carbons (Fsp3) is 0.929. The van der Waals surface area contributed by atoms with Crippen molar-refractivity contribution in [3.8, 4) is 0 Å². The molecule has 0 aliphatic carbocycles. The van der Waals surface area contributed by atoms with Gasteiger partial charge in [-0.15, -0.1) is 24.8 Å². The maximum Gasteiger partial charge on any atom is 0.220 e. The van der Waals surface area contributed by atoms with Crippen molar-refractivity contribution in [1.29, 1.82) is 0 Å². The van der Waals surface area contributed by atoms with Crippen molar-refractivity contribution in [3.63, 3.8) is 0 Å². The Balaban J connectivity index is 0. The fourth-order valence-electron chi connectivity index (χ4n) is 2.47. The molecule has 122 valence electrons. The minimum atomic E-state index is 0. The quantitative estimate of drug-likeness (QED) is 0.752. The Morgan fingerprint density at radius 3 is 2.55 bits per heavy atom. The van der Waals surface area contributed by atoms with E-state index in [1.165, 1.54) is 19.5 Å². The lowest BCUT2D eigenvalue weighted by molar-refractivity contribution is -0.121. The van der Waals surface area contributed by atoms with E-state index in [0.29, 0.717) is 12.3 Å². The number of likely N-dealkylation sites (tertiary alicyclic amines) is 1. The van der Waals surface area contributed by atoms with Gasteiger partial charge in [0.05, 0.1) is 0 Å². The third kappa shape index (κ3) is 9.81. The second-order valence-corrected chi connectivity index (χ2v) is 6.13. The Morgan fingerprint density at radius 2 is 2.00 bits per heavy atom. The molecule has 0 spiro atoms. The van der Waals surface area contributed by atoms with Gasteiger partial charge in [0.1, 0.15) is 0 Å². The maximum absolute atomic E-state index is 11.6. The van der Waals surface area contributed by atoms with E-state index >= 15 is 0 Å². The van der Waals surface area contributed by atoms with Crippen molar-refractivity contribution in [3.05, 3.63) is 0 Å². The molecule has 0 bridgehead atoms. The van der Waals surface area contributed by atoms with Crippen LogP contribution in [0.1, 0.15) is 40.0 Å². The lowest BCUT2D eigenvalue weighted by atomic mass is 10.1. The number of carbonyl (C=O) groups is 1. The van der Waals surface area contributed by atoms with Gasteiger partial charge in [-0.25, -0.2) is 0 Å². The molecule has 20 heavy (non-hydrogen) atoms. The molecule has 4 nitrogen and oxygen atoms in total. The van der Waals surface area contributed by atoms with E-state index in [1.807, 2.05) is 6.92 Å². The second kappa shape index (κ2) is 11.6. The molecular formula is C14H31Cl2N3O. The van der Waals surface area contributed by atoms with Gasteiger partial charge in [-0.3, -0.25) is 4.79 Å². The van der Waals surface area contributed by atoms with Gasteiger partial charge < -0.3 is 16.0 Å². The van der Waals surface area contributed by atoms with Crippen LogP contribution in [0.3, 0.4) is 0 Å². The number of nitrogens with zero attached hydrogens (tertiary/aromatic N) is 1. The van der Waals surface area contributed by atoms with Crippen LogP contribution in [-0.2, 0) is 4.79 Å². The van der Waals surface area contributed by atoms with Crippen molar-refractivity contribution < 1.29 is 4.79 Å². The summed E-state index contributed by atoms with van der Waals surface area (Å²) in [6.07, 6.45) is 2.54. The highest BCUT2D eigenvalue weighted by molar-refractivity contribution is 5.85. The molecule has 1 aliphatic heterocycles. The van der Waals surface area contributed by atoms with Gasteiger partial charge in [0.2, 0.25) is 5.91 Å². The average Bonchev–Trinajstić information content (AvgIpc) is 2.70. The number of carbonyl (C=O) groups excluding carboxylic acids is 1. The van der Waals surface area contributed by atoms with E-state index in [4.69, 9.17) is 5.73 Å². The van der Waals surface area contributed by atoms with E-state index in [9.17, 15) is 4.79 Å². The number of nitrogens with one attached hydrogen (secondary N) is 1. The highest BCUT2D eigenvalue weighted by atomic mass is 35.5. The molecule has 1 saturated heterocycles. The molecule has 0 radical (unpaired) electrons. The van der Waals surface area contributed by atoms with Crippen LogP contribution in [0.5, 0.6) is 0 Å².